The molecule has 0 aliphatic heterocycles. The maximum absolute atomic E-state index is 13.5. The SMILES string of the molecule is CCCCCC(C)c1c[nH]c2c(Br)cc(F)cc12. The zero-order chi connectivity index (χ0) is 13.1. The Bertz CT molecular complexity index is 533. The molecule has 0 aliphatic rings. The van der Waals surface area contributed by atoms with E-state index in [1.807, 2.05) is 6.20 Å². The Morgan fingerprint density at radius 1 is 1.33 bits per heavy atom. The number of hydrogen-bond donors (Lipinski definition) is 1. The van der Waals surface area contributed by atoms with E-state index in [0.29, 0.717) is 5.92 Å². The van der Waals surface area contributed by atoms with Crippen molar-refractivity contribution < 1.29 is 4.39 Å². The van der Waals surface area contributed by atoms with Crippen molar-refractivity contribution in [2.75, 3.05) is 0 Å². The van der Waals surface area contributed by atoms with E-state index in [2.05, 4.69) is 34.8 Å². The van der Waals surface area contributed by atoms with Gasteiger partial charge < -0.3 is 4.98 Å². The number of halogens is 2. The first-order valence-corrected chi connectivity index (χ1v) is 7.38. The molecule has 1 atom stereocenters. The zero-order valence-electron chi connectivity index (χ0n) is 10.9. The lowest BCUT2D eigenvalue weighted by Crippen LogP contribution is -1.92. The summed E-state index contributed by atoms with van der Waals surface area (Å²) in [6, 6.07) is 3.13. The van der Waals surface area contributed by atoms with Gasteiger partial charge in [0.25, 0.3) is 0 Å². The third kappa shape index (κ3) is 2.77. The van der Waals surface area contributed by atoms with Crippen LogP contribution in [-0.2, 0) is 0 Å². The average Bonchev–Trinajstić information content (AvgIpc) is 2.73. The molecule has 18 heavy (non-hydrogen) atoms. The van der Waals surface area contributed by atoms with Gasteiger partial charge in [0, 0.05) is 16.1 Å². The van der Waals surface area contributed by atoms with Gasteiger partial charge in [-0.25, -0.2) is 4.39 Å². The van der Waals surface area contributed by atoms with E-state index in [1.165, 1.54) is 30.9 Å². The summed E-state index contributed by atoms with van der Waals surface area (Å²) < 4.78 is 14.3. The maximum atomic E-state index is 13.5. The summed E-state index contributed by atoms with van der Waals surface area (Å²) in [5.41, 5.74) is 2.22. The summed E-state index contributed by atoms with van der Waals surface area (Å²) >= 11 is 3.40. The van der Waals surface area contributed by atoms with Crippen LogP contribution in [0.25, 0.3) is 10.9 Å². The van der Waals surface area contributed by atoms with Crippen LogP contribution in [0.1, 0.15) is 51.0 Å². The second kappa shape index (κ2) is 5.87. The van der Waals surface area contributed by atoms with Crippen LogP contribution in [0.2, 0.25) is 0 Å². The number of nitrogens with one attached hydrogen (secondary N) is 1. The molecule has 0 fully saturated rings. The Morgan fingerprint density at radius 2 is 2.11 bits per heavy atom. The highest BCUT2D eigenvalue weighted by Gasteiger charge is 2.13. The molecule has 0 amide bonds. The molecule has 1 aromatic carbocycles. The fourth-order valence-electron chi connectivity index (χ4n) is 2.44. The summed E-state index contributed by atoms with van der Waals surface area (Å²) in [6.07, 6.45) is 6.92. The van der Waals surface area contributed by atoms with Gasteiger partial charge in [0.1, 0.15) is 5.82 Å². The van der Waals surface area contributed by atoms with Crippen LogP contribution in [0, 0.1) is 5.82 Å². The minimum atomic E-state index is -0.184. The molecule has 0 spiro atoms. The third-order valence-corrected chi connectivity index (χ3v) is 4.14. The third-order valence-electron chi connectivity index (χ3n) is 3.51. The number of hydrogen-bond acceptors (Lipinski definition) is 0. The van der Waals surface area contributed by atoms with Gasteiger partial charge in [0.05, 0.1) is 5.52 Å². The Labute approximate surface area is 116 Å². The Hall–Kier alpha value is -0.830. The highest BCUT2D eigenvalue weighted by molar-refractivity contribution is 9.10. The lowest BCUT2D eigenvalue weighted by atomic mass is 9.95. The van der Waals surface area contributed by atoms with Crippen LogP contribution in [0.3, 0.4) is 0 Å². The van der Waals surface area contributed by atoms with E-state index >= 15 is 0 Å². The lowest BCUT2D eigenvalue weighted by molar-refractivity contribution is 0.600. The fourth-order valence-corrected chi connectivity index (χ4v) is 2.99. The van der Waals surface area contributed by atoms with Crippen molar-refractivity contribution in [2.45, 2.75) is 45.4 Å². The predicted octanol–water partition coefficient (Wildman–Crippen LogP) is 5.75. The molecule has 0 radical (unpaired) electrons. The molecule has 1 unspecified atom stereocenters. The van der Waals surface area contributed by atoms with E-state index in [0.717, 1.165) is 21.8 Å². The summed E-state index contributed by atoms with van der Waals surface area (Å²) in [5.74, 6) is 0.287. The number of aromatic nitrogens is 1. The quantitative estimate of drug-likeness (QED) is 0.676. The summed E-state index contributed by atoms with van der Waals surface area (Å²) in [4.78, 5) is 3.24. The second-order valence-electron chi connectivity index (χ2n) is 4.95. The number of rotatable bonds is 5. The Balaban J connectivity index is 2.28. The van der Waals surface area contributed by atoms with Crippen molar-refractivity contribution in [2.24, 2.45) is 0 Å². The first kappa shape index (κ1) is 13.6. The van der Waals surface area contributed by atoms with Crippen LogP contribution >= 0.6 is 15.9 Å². The Kier molecular flexibility index (Phi) is 4.44. The molecule has 1 nitrogen and oxygen atoms in total. The molecule has 2 aromatic rings. The molecule has 1 aromatic heterocycles. The second-order valence-corrected chi connectivity index (χ2v) is 5.81. The van der Waals surface area contributed by atoms with Crippen LogP contribution in [0.15, 0.2) is 22.8 Å². The van der Waals surface area contributed by atoms with Crippen molar-refractivity contribution in [1.29, 1.82) is 0 Å². The van der Waals surface area contributed by atoms with Gasteiger partial charge in [0.2, 0.25) is 0 Å². The molecule has 0 saturated heterocycles. The van der Waals surface area contributed by atoms with Crippen LogP contribution in [0.4, 0.5) is 4.39 Å². The molecule has 1 heterocycles. The first-order chi connectivity index (χ1) is 8.63. The Morgan fingerprint density at radius 3 is 2.83 bits per heavy atom. The highest BCUT2D eigenvalue weighted by Crippen LogP contribution is 2.33. The zero-order valence-corrected chi connectivity index (χ0v) is 12.5. The van der Waals surface area contributed by atoms with E-state index in [-0.39, 0.29) is 5.82 Å². The summed E-state index contributed by atoms with van der Waals surface area (Å²) in [6.45, 7) is 4.43. The molecule has 2 rings (SSSR count). The summed E-state index contributed by atoms with van der Waals surface area (Å²) in [5, 5.41) is 1.01. The number of H-pyrrole nitrogens is 1. The number of unbranched alkanes of at least 4 members (excludes halogenated alkanes) is 2. The van der Waals surface area contributed by atoms with Gasteiger partial charge in [-0.05, 0) is 46.0 Å². The minimum Gasteiger partial charge on any atom is -0.360 e. The van der Waals surface area contributed by atoms with Crippen molar-refractivity contribution >= 4 is 26.8 Å². The topological polar surface area (TPSA) is 15.8 Å². The van der Waals surface area contributed by atoms with Crippen LogP contribution in [-0.4, -0.2) is 4.98 Å². The molecule has 3 heteroatoms. The molecular formula is C15H19BrFN. The largest absolute Gasteiger partial charge is 0.360 e. The first-order valence-electron chi connectivity index (χ1n) is 6.59. The number of fused-ring (bicyclic) bond motifs is 1. The van der Waals surface area contributed by atoms with E-state index in [9.17, 15) is 4.39 Å². The average molecular weight is 312 g/mol. The molecule has 1 N–H and O–H groups in total. The van der Waals surface area contributed by atoms with E-state index < -0.39 is 0 Å². The highest BCUT2D eigenvalue weighted by atomic mass is 79.9. The van der Waals surface area contributed by atoms with E-state index in [1.54, 1.807) is 6.07 Å². The van der Waals surface area contributed by atoms with Gasteiger partial charge in [-0.1, -0.05) is 33.1 Å². The molecule has 0 bridgehead atoms. The van der Waals surface area contributed by atoms with Gasteiger partial charge in [-0.15, -0.1) is 0 Å². The molecule has 98 valence electrons. The normalized spacial score (nSPS) is 13.1. The maximum Gasteiger partial charge on any atom is 0.125 e. The van der Waals surface area contributed by atoms with Crippen molar-refractivity contribution in [3.63, 3.8) is 0 Å². The van der Waals surface area contributed by atoms with Crippen LogP contribution in [0.5, 0.6) is 0 Å². The van der Waals surface area contributed by atoms with Gasteiger partial charge >= 0.3 is 0 Å². The van der Waals surface area contributed by atoms with Gasteiger partial charge in [-0.3, -0.25) is 0 Å². The smallest absolute Gasteiger partial charge is 0.125 e. The number of aromatic amines is 1. The lowest BCUT2D eigenvalue weighted by Gasteiger charge is -2.10. The fraction of sp³-hybridized carbons (Fsp3) is 0.467. The molecule has 0 saturated carbocycles. The number of benzene rings is 1. The van der Waals surface area contributed by atoms with Gasteiger partial charge in [-0.2, -0.15) is 0 Å². The summed E-state index contributed by atoms with van der Waals surface area (Å²) in [7, 11) is 0. The van der Waals surface area contributed by atoms with Gasteiger partial charge in [0.15, 0.2) is 0 Å². The standard InChI is InChI=1S/C15H19BrFN/c1-3-4-5-6-10(2)13-9-18-15-12(13)7-11(17)8-14(15)16/h7-10,18H,3-6H2,1-2H3. The van der Waals surface area contributed by atoms with Crippen LogP contribution < -0.4 is 0 Å². The predicted molar refractivity (Wildman–Crippen MR) is 78.5 cm³/mol. The molecule has 0 aliphatic carbocycles. The minimum absolute atomic E-state index is 0.184. The van der Waals surface area contributed by atoms with E-state index in [4.69, 9.17) is 0 Å². The van der Waals surface area contributed by atoms with Crippen molar-refractivity contribution in [3.8, 4) is 0 Å². The van der Waals surface area contributed by atoms with Crippen molar-refractivity contribution in [3.05, 3.63) is 34.2 Å². The van der Waals surface area contributed by atoms with Crippen molar-refractivity contribution in [1.82, 2.24) is 4.98 Å². The molecular weight excluding hydrogens is 293 g/mol. The monoisotopic (exact) mass is 311 g/mol.